The Morgan fingerprint density at radius 2 is 1.96 bits per heavy atom. The standard InChI is InChI=1S/C21H27NO3/c1-15-6-9-19(13-20(15)22)24-12-4-3-5-17-10-7-16-8-11-18(23-2)14-21(16)25-17/h6,8-9,11,13-14,17H,3-5,7,10,12,22H2,1-2H3. The molecular formula is C21H27NO3. The summed E-state index contributed by atoms with van der Waals surface area (Å²) in [6, 6.07) is 12.0. The average Bonchev–Trinajstić information content (AvgIpc) is 2.63. The van der Waals surface area contributed by atoms with Gasteiger partial charge in [0.15, 0.2) is 0 Å². The molecule has 1 heterocycles. The molecule has 2 N–H and O–H groups in total. The van der Waals surface area contributed by atoms with Crippen LogP contribution in [-0.2, 0) is 6.42 Å². The highest BCUT2D eigenvalue weighted by Crippen LogP contribution is 2.32. The van der Waals surface area contributed by atoms with Gasteiger partial charge in [0, 0.05) is 17.8 Å². The highest BCUT2D eigenvalue weighted by atomic mass is 16.5. The number of unbranched alkanes of at least 4 members (excludes halogenated alkanes) is 1. The van der Waals surface area contributed by atoms with Crippen molar-refractivity contribution in [1.29, 1.82) is 0 Å². The van der Waals surface area contributed by atoms with E-state index >= 15 is 0 Å². The molecule has 0 saturated carbocycles. The largest absolute Gasteiger partial charge is 0.497 e. The van der Waals surface area contributed by atoms with Crippen molar-refractivity contribution >= 4 is 5.69 Å². The van der Waals surface area contributed by atoms with Gasteiger partial charge in [-0.15, -0.1) is 0 Å². The van der Waals surface area contributed by atoms with E-state index in [4.69, 9.17) is 19.9 Å². The molecule has 1 unspecified atom stereocenters. The zero-order valence-electron chi connectivity index (χ0n) is 15.1. The number of methoxy groups -OCH3 is 1. The van der Waals surface area contributed by atoms with E-state index in [0.717, 1.165) is 60.6 Å². The summed E-state index contributed by atoms with van der Waals surface area (Å²) in [6.07, 6.45) is 5.59. The van der Waals surface area contributed by atoms with Crippen LogP contribution in [-0.4, -0.2) is 19.8 Å². The quantitative estimate of drug-likeness (QED) is 0.594. The van der Waals surface area contributed by atoms with Crippen LogP contribution in [0.3, 0.4) is 0 Å². The Hall–Kier alpha value is -2.36. The first-order chi connectivity index (χ1) is 12.2. The lowest BCUT2D eigenvalue weighted by Crippen LogP contribution is -2.22. The van der Waals surface area contributed by atoms with Crippen LogP contribution in [0.1, 0.15) is 36.8 Å². The molecule has 0 saturated heterocycles. The van der Waals surface area contributed by atoms with E-state index in [1.54, 1.807) is 7.11 Å². The van der Waals surface area contributed by atoms with E-state index in [9.17, 15) is 0 Å². The first kappa shape index (κ1) is 17.5. The molecule has 25 heavy (non-hydrogen) atoms. The molecule has 3 rings (SSSR count). The minimum atomic E-state index is 0.287. The van der Waals surface area contributed by atoms with Crippen molar-refractivity contribution in [3.05, 3.63) is 47.5 Å². The van der Waals surface area contributed by atoms with Gasteiger partial charge in [0.25, 0.3) is 0 Å². The number of hydrogen-bond acceptors (Lipinski definition) is 4. The van der Waals surface area contributed by atoms with Gasteiger partial charge >= 0.3 is 0 Å². The van der Waals surface area contributed by atoms with E-state index < -0.39 is 0 Å². The van der Waals surface area contributed by atoms with Crippen molar-refractivity contribution in [2.75, 3.05) is 19.5 Å². The molecule has 0 aliphatic carbocycles. The average molecular weight is 341 g/mol. The molecule has 4 nitrogen and oxygen atoms in total. The Bertz CT molecular complexity index is 714. The maximum Gasteiger partial charge on any atom is 0.126 e. The SMILES string of the molecule is COc1ccc2c(c1)OC(CCCCOc1ccc(C)c(N)c1)CC2. The van der Waals surface area contributed by atoms with Crippen molar-refractivity contribution in [3.63, 3.8) is 0 Å². The summed E-state index contributed by atoms with van der Waals surface area (Å²) in [4.78, 5) is 0. The van der Waals surface area contributed by atoms with Gasteiger partial charge in [-0.2, -0.15) is 0 Å². The van der Waals surface area contributed by atoms with Gasteiger partial charge in [-0.05, 0) is 62.3 Å². The number of aryl methyl sites for hydroxylation is 2. The van der Waals surface area contributed by atoms with Crippen LogP contribution in [0.4, 0.5) is 5.69 Å². The number of hydrogen-bond donors (Lipinski definition) is 1. The van der Waals surface area contributed by atoms with Crippen LogP contribution < -0.4 is 19.9 Å². The fourth-order valence-electron chi connectivity index (χ4n) is 3.11. The maximum atomic E-state index is 6.13. The first-order valence-corrected chi connectivity index (χ1v) is 8.98. The molecule has 0 amide bonds. The Morgan fingerprint density at radius 3 is 2.76 bits per heavy atom. The minimum Gasteiger partial charge on any atom is -0.497 e. The molecule has 0 spiro atoms. The Kier molecular flexibility index (Phi) is 5.69. The van der Waals surface area contributed by atoms with Crippen molar-refractivity contribution in [3.8, 4) is 17.2 Å². The highest BCUT2D eigenvalue weighted by molar-refractivity contribution is 5.50. The molecule has 0 fully saturated rings. The molecule has 0 aromatic heterocycles. The summed E-state index contributed by atoms with van der Waals surface area (Å²) < 4.78 is 17.2. The molecule has 0 bridgehead atoms. The zero-order valence-corrected chi connectivity index (χ0v) is 15.1. The molecular weight excluding hydrogens is 314 g/mol. The lowest BCUT2D eigenvalue weighted by atomic mass is 9.99. The fraction of sp³-hybridized carbons (Fsp3) is 0.429. The molecule has 0 radical (unpaired) electrons. The number of benzene rings is 2. The molecule has 1 aliphatic rings. The third-order valence-corrected chi connectivity index (χ3v) is 4.74. The number of ether oxygens (including phenoxy) is 3. The smallest absolute Gasteiger partial charge is 0.126 e. The predicted octanol–water partition coefficient (Wildman–Crippen LogP) is 4.53. The molecule has 134 valence electrons. The number of anilines is 1. The van der Waals surface area contributed by atoms with E-state index in [1.165, 1.54) is 5.56 Å². The summed E-state index contributed by atoms with van der Waals surface area (Å²) in [5, 5.41) is 0. The number of fused-ring (bicyclic) bond motifs is 1. The summed E-state index contributed by atoms with van der Waals surface area (Å²) in [6.45, 7) is 2.71. The number of rotatable bonds is 7. The number of nitrogens with two attached hydrogens (primary N) is 1. The van der Waals surface area contributed by atoms with E-state index in [2.05, 4.69) is 6.07 Å². The fourth-order valence-corrected chi connectivity index (χ4v) is 3.11. The van der Waals surface area contributed by atoms with E-state index in [-0.39, 0.29) is 6.10 Å². The van der Waals surface area contributed by atoms with Crippen molar-refractivity contribution in [2.24, 2.45) is 0 Å². The predicted molar refractivity (Wildman–Crippen MR) is 101 cm³/mol. The molecule has 2 aromatic carbocycles. The second kappa shape index (κ2) is 8.15. The molecule has 1 aliphatic heterocycles. The maximum absolute atomic E-state index is 6.13. The Morgan fingerprint density at radius 1 is 1.12 bits per heavy atom. The lowest BCUT2D eigenvalue weighted by Gasteiger charge is -2.26. The lowest BCUT2D eigenvalue weighted by molar-refractivity contribution is 0.157. The van der Waals surface area contributed by atoms with Gasteiger partial charge < -0.3 is 19.9 Å². The van der Waals surface area contributed by atoms with Crippen LogP contribution in [0, 0.1) is 6.92 Å². The highest BCUT2D eigenvalue weighted by Gasteiger charge is 2.19. The zero-order chi connectivity index (χ0) is 17.6. The van der Waals surface area contributed by atoms with Crippen LogP contribution in [0.2, 0.25) is 0 Å². The van der Waals surface area contributed by atoms with Crippen molar-refractivity contribution in [1.82, 2.24) is 0 Å². The third kappa shape index (κ3) is 4.59. The molecule has 2 aromatic rings. The van der Waals surface area contributed by atoms with Crippen LogP contribution in [0.5, 0.6) is 17.2 Å². The summed E-state index contributed by atoms with van der Waals surface area (Å²) in [5.41, 5.74) is 9.04. The van der Waals surface area contributed by atoms with Gasteiger partial charge in [-0.25, -0.2) is 0 Å². The van der Waals surface area contributed by atoms with Crippen molar-refractivity contribution < 1.29 is 14.2 Å². The second-order valence-electron chi connectivity index (χ2n) is 6.61. The van der Waals surface area contributed by atoms with Gasteiger partial charge in [-0.1, -0.05) is 12.1 Å². The van der Waals surface area contributed by atoms with Crippen molar-refractivity contribution in [2.45, 2.75) is 45.1 Å². The minimum absolute atomic E-state index is 0.287. The summed E-state index contributed by atoms with van der Waals surface area (Å²) >= 11 is 0. The van der Waals surface area contributed by atoms with E-state index in [0.29, 0.717) is 6.61 Å². The van der Waals surface area contributed by atoms with Crippen LogP contribution in [0.15, 0.2) is 36.4 Å². The van der Waals surface area contributed by atoms with Crippen LogP contribution in [0.25, 0.3) is 0 Å². The molecule has 4 heteroatoms. The number of nitrogen functional groups attached to an aromatic ring is 1. The van der Waals surface area contributed by atoms with Gasteiger partial charge in [0.2, 0.25) is 0 Å². The Labute approximate surface area is 149 Å². The van der Waals surface area contributed by atoms with Gasteiger partial charge in [0.05, 0.1) is 19.8 Å². The van der Waals surface area contributed by atoms with Gasteiger partial charge in [-0.3, -0.25) is 0 Å². The normalized spacial score (nSPS) is 16.0. The first-order valence-electron chi connectivity index (χ1n) is 8.98. The second-order valence-corrected chi connectivity index (χ2v) is 6.61. The summed E-state index contributed by atoms with van der Waals surface area (Å²) in [7, 11) is 1.68. The molecule has 1 atom stereocenters. The summed E-state index contributed by atoms with van der Waals surface area (Å²) in [5.74, 6) is 2.67. The van der Waals surface area contributed by atoms with E-state index in [1.807, 2.05) is 37.3 Å². The topological polar surface area (TPSA) is 53.7 Å². The monoisotopic (exact) mass is 341 g/mol. The van der Waals surface area contributed by atoms with Crippen LogP contribution >= 0.6 is 0 Å². The Balaban J connectivity index is 1.40. The third-order valence-electron chi connectivity index (χ3n) is 4.74. The van der Waals surface area contributed by atoms with Gasteiger partial charge in [0.1, 0.15) is 17.2 Å².